The molecule has 94 valence electrons. The third-order valence-electron chi connectivity index (χ3n) is 3.58. The minimum Gasteiger partial charge on any atom is -0.306 e. The van der Waals surface area contributed by atoms with E-state index in [-0.39, 0.29) is 0 Å². The van der Waals surface area contributed by atoms with Gasteiger partial charge in [0.05, 0.1) is 0 Å². The van der Waals surface area contributed by atoms with Crippen molar-refractivity contribution in [3.63, 3.8) is 0 Å². The van der Waals surface area contributed by atoms with E-state index in [2.05, 4.69) is 23.9 Å². The van der Waals surface area contributed by atoms with Crippen LogP contribution < -0.4 is 0 Å². The van der Waals surface area contributed by atoms with Crippen LogP contribution in [0.5, 0.6) is 0 Å². The van der Waals surface area contributed by atoms with E-state index < -0.39 is 0 Å². The van der Waals surface area contributed by atoms with Crippen molar-refractivity contribution in [1.82, 2.24) is 9.80 Å². The van der Waals surface area contributed by atoms with E-state index in [1.165, 1.54) is 45.3 Å². The number of aldehydes is 1. The third-order valence-corrected chi connectivity index (χ3v) is 3.58. The summed E-state index contributed by atoms with van der Waals surface area (Å²) in [5.74, 6) is 0. The van der Waals surface area contributed by atoms with Gasteiger partial charge in [-0.05, 0) is 59.4 Å². The Kier molecular flexibility index (Phi) is 6.65. The molecule has 0 N–H and O–H groups in total. The van der Waals surface area contributed by atoms with Crippen LogP contribution in [-0.2, 0) is 4.79 Å². The monoisotopic (exact) mass is 226 g/mol. The van der Waals surface area contributed by atoms with Crippen LogP contribution in [0.4, 0.5) is 0 Å². The quantitative estimate of drug-likeness (QED) is 0.488. The van der Waals surface area contributed by atoms with Crippen molar-refractivity contribution in [2.45, 2.75) is 44.6 Å². The van der Waals surface area contributed by atoms with Gasteiger partial charge in [-0.2, -0.15) is 0 Å². The zero-order valence-corrected chi connectivity index (χ0v) is 10.8. The first kappa shape index (κ1) is 13.7. The van der Waals surface area contributed by atoms with E-state index in [1.54, 1.807) is 0 Å². The van der Waals surface area contributed by atoms with Crippen LogP contribution in [0.2, 0.25) is 0 Å². The average Bonchev–Trinajstić information content (AvgIpc) is 2.29. The van der Waals surface area contributed by atoms with Crippen LogP contribution in [0.15, 0.2) is 0 Å². The summed E-state index contributed by atoms with van der Waals surface area (Å²) < 4.78 is 0. The first-order valence-electron chi connectivity index (χ1n) is 6.56. The molecular weight excluding hydrogens is 200 g/mol. The zero-order chi connectivity index (χ0) is 11.8. The molecular formula is C13H26N2O. The number of piperidine rings is 1. The summed E-state index contributed by atoms with van der Waals surface area (Å²) in [6.45, 7) is 3.71. The maximum Gasteiger partial charge on any atom is 0.119 e. The minimum absolute atomic E-state index is 0.739. The highest BCUT2D eigenvalue weighted by atomic mass is 16.1. The first-order valence-corrected chi connectivity index (χ1v) is 6.56. The number of carbonyl (C=O) groups excluding carboxylic acids is 1. The fourth-order valence-corrected chi connectivity index (χ4v) is 2.40. The van der Waals surface area contributed by atoms with E-state index in [9.17, 15) is 4.79 Å². The summed E-state index contributed by atoms with van der Waals surface area (Å²) in [6, 6.07) is 0.784. The fourth-order valence-electron chi connectivity index (χ4n) is 2.40. The summed E-state index contributed by atoms with van der Waals surface area (Å²) in [6.07, 6.45) is 7.90. The van der Waals surface area contributed by atoms with E-state index in [4.69, 9.17) is 0 Å². The van der Waals surface area contributed by atoms with E-state index >= 15 is 0 Å². The number of carbonyl (C=O) groups is 1. The van der Waals surface area contributed by atoms with Crippen LogP contribution >= 0.6 is 0 Å². The molecule has 0 aromatic rings. The molecule has 0 aliphatic carbocycles. The van der Waals surface area contributed by atoms with Gasteiger partial charge in [0.1, 0.15) is 6.29 Å². The lowest BCUT2D eigenvalue weighted by Gasteiger charge is -2.35. The van der Waals surface area contributed by atoms with Crippen molar-refractivity contribution in [2.75, 3.05) is 33.7 Å². The Morgan fingerprint density at radius 3 is 2.44 bits per heavy atom. The molecule has 16 heavy (non-hydrogen) atoms. The van der Waals surface area contributed by atoms with E-state index in [0.717, 1.165) is 25.2 Å². The number of unbranched alkanes of at least 4 members (excludes halogenated alkanes) is 3. The third kappa shape index (κ3) is 5.08. The van der Waals surface area contributed by atoms with Gasteiger partial charge in [0, 0.05) is 12.5 Å². The smallest absolute Gasteiger partial charge is 0.119 e. The largest absolute Gasteiger partial charge is 0.306 e. The average molecular weight is 226 g/mol. The minimum atomic E-state index is 0.739. The number of likely N-dealkylation sites (tertiary alicyclic amines) is 1. The van der Waals surface area contributed by atoms with Crippen molar-refractivity contribution < 1.29 is 4.79 Å². The predicted octanol–water partition coefficient (Wildman–Crippen LogP) is 1.77. The van der Waals surface area contributed by atoms with Crippen LogP contribution in [0.25, 0.3) is 0 Å². The second-order valence-corrected chi connectivity index (χ2v) is 5.05. The Bertz CT molecular complexity index is 186. The van der Waals surface area contributed by atoms with Crippen molar-refractivity contribution in [3.8, 4) is 0 Å². The molecule has 0 radical (unpaired) electrons. The molecule has 1 aliphatic rings. The summed E-state index contributed by atoms with van der Waals surface area (Å²) in [4.78, 5) is 15.1. The molecule has 1 saturated heterocycles. The van der Waals surface area contributed by atoms with Crippen LogP contribution in [0.3, 0.4) is 0 Å². The molecule has 1 fully saturated rings. The summed E-state index contributed by atoms with van der Waals surface area (Å²) >= 11 is 0. The standard InChI is InChI=1S/C13H26N2O/c1-14(2)13-7-10-15(11-8-13)9-5-3-4-6-12-16/h12-13H,3-11H2,1-2H3. The topological polar surface area (TPSA) is 23.6 Å². The summed E-state index contributed by atoms with van der Waals surface area (Å²) in [5, 5.41) is 0. The number of nitrogens with zero attached hydrogens (tertiary/aromatic N) is 2. The molecule has 0 aromatic heterocycles. The zero-order valence-electron chi connectivity index (χ0n) is 10.8. The first-order chi connectivity index (χ1) is 7.74. The number of hydrogen-bond acceptors (Lipinski definition) is 3. The molecule has 3 nitrogen and oxygen atoms in total. The summed E-state index contributed by atoms with van der Waals surface area (Å²) in [5.41, 5.74) is 0. The maximum atomic E-state index is 10.2. The molecule has 0 unspecified atom stereocenters. The Balaban J connectivity index is 2.01. The van der Waals surface area contributed by atoms with E-state index in [1.807, 2.05) is 0 Å². The van der Waals surface area contributed by atoms with Gasteiger partial charge in [0.2, 0.25) is 0 Å². The second kappa shape index (κ2) is 7.80. The number of rotatable bonds is 7. The molecule has 0 bridgehead atoms. The molecule has 0 atom stereocenters. The van der Waals surface area contributed by atoms with Gasteiger partial charge in [0.15, 0.2) is 0 Å². The van der Waals surface area contributed by atoms with E-state index in [0.29, 0.717) is 0 Å². The summed E-state index contributed by atoms with van der Waals surface area (Å²) in [7, 11) is 4.36. The van der Waals surface area contributed by atoms with Crippen LogP contribution in [0.1, 0.15) is 38.5 Å². The van der Waals surface area contributed by atoms with Crippen molar-refractivity contribution in [1.29, 1.82) is 0 Å². The lowest BCUT2D eigenvalue weighted by molar-refractivity contribution is -0.107. The van der Waals surface area contributed by atoms with Gasteiger partial charge in [-0.1, -0.05) is 6.42 Å². The SMILES string of the molecule is CN(C)C1CCN(CCCCCC=O)CC1. The van der Waals surface area contributed by atoms with Gasteiger partial charge in [-0.15, -0.1) is 0 Å². The highest BCUT2D eigenvalue weighted by Crippen LogP contribution is 2.14. The highest BCUT2D eigenvalue weighted by Gasteiger charge is 2.19. The Morgan fingerprint density at radius 2 is 1.88 bits per heavy atom. The normalized spacial score (nSPS) is 19.2. The van der Waals surface area contributed by atoms with Gasteiger partial charge in [-0.25, -0.2) is 0 Å². The molecule has 3 heteroatoms. The molecule has 0 amide bonds. The maximum absolute atomic E-state index is 10.2. The van der Waals surface area contributed by atoms with Crippen molar-refractivity contribution >= 4 is 6.29 Å². The van der Waals surface area contributed by atoms with Gasteiger partial charge in [0.25, 0.3) is 0 Å². The lowest BCUT2D eigenvalue weighted by atomic mass is 10.0. The predicted molar refractivity (Wildman–Crippen MR) is 67.7 cm³/mol. The Labute approximate surface area is 99.8 Å². The molecule has 1 heterocycles. The fraction of sp³-hybridized carbons (Fsp3) is 0.923. The second-order valence-electron chi connectivity index (χ2n) is 5.05. The Morgan fingerprint density at radius 1 is 1.19 bits per heavy atom. The Hall–Kier alpha value is -0.410. The van der Waals surface area contributed by atoms with Gasteiger partial charge in [-0.3, -0.25) is 0 Å². The van der Waals surface area contributed by atoms with Crippen molar-refractivity contribution in [3.05, 3.63) is 0 Å². The lowest BCUT2D eigenvalue weighted by Crippen LogP contribution is -2.42. The number of hydrogen-bond donors (Lipinski definition) is 0. The molecule has 0 aromatic carbocycles. The molecule has 0 spiro atoms. The molecule has 0 saturated carbocycles. The molecule has 1 aliphatic heterocycles. The van der Waals surface area contributed by atoms with Crippen molar-refractivity contribution in [2.24, 2.45) is 0 Å². The molecule has 1 rings (SSSR count). The highest BCUT2D eigenvalue weighted by molar-refractivity contribution is 5.48. The van der Waals surface area contributed by atoms with Gasteiger partial charge >= 0.3 is 0 Å². The van der Waals surface area contributed by atoms with Crippen LogP contribution in [-0.4, -0.2) is 55.9 Å². The van der Waals surface area contributed by atoms with Crippen LogP contribution in [0, 0.1) is 0 Å². The van der Waals surface area contributed by atoms with Gasteiger partial charge < -0.3 is 14.6 Å².